The zero-order valence-corrected chi connectivity index (χ0v) is 8.33. The van der Waals surface area contributed by atoms with Crippen molar-refractivity contribution >= 4 is 11.0 Å². The summed E-state index contributed by atoms with van der Waals surface area (Å²) in [5.41, 5.74) is 3.65. The van der Waals surface area contributed by atoms with E-state index < -0.39 is 0 Å². The molecule has 0 saturated heterocycles. The smallest absolute Gasteiger partial charge is 0.106 e. The summed E-state index contributed by atoms with van der Waals surface area (Å²) in [6.07, 6.45) is 0. The maximum absolute atomic E-state index is 4.55. The average molecular weight is 174 g/mol. The molecule has 13 heavy (non-hydrogen) atoms. The molecule has 0 atom stereocenters. The van der Waals surface area contributed by atoms with Crippen molar-refractivity contribution in [2.75, 3.05) is 0 Å². The summed E-state index contributed by atoms with van der Waals surface area (Å²) in [4.78, 5) is 4.55. The van der Waals surface area contributed by atoms with E-state index in [9.17, 15) is 0 Å². The Morgan fingerprint density at radius 2 is 2.08 bits per heavy atom. The Kier molecular flexibility index (Phi) is 1.83. The fourth-order valence-corrected chi connectivity index (χ4v) is 1.80. The summed E-state index contributed by atoms with van der Waals surface area (Å²) in [6, 6.07) is 6.32. The normalized spacial score (nSPS) is 11.0. The first-order valence-electron chi connectivity index (χ1n) is 4.66. The lowest BCUT2D eigenvalue weighted by Gasteiger charge is -2.01. The Bertz CT molecular complexity index is 441. The number of imidazole rings is 1. The van der Waals surface area contributed by atoms with E-state index in [2.05, 4.69) is 48.5 Å². The molecule has 0 radical (unpaired) electrons. The Labute approximate surface area is 78.2 Å². The number of fused-ring (bicyclic) bond motifs is 1. The average Bonchev–Trinajstić information content (AvgIpc) is 2.43. The standard InChI is InChI=1S/C11H14N2/c1-4-13-9(3)12-11-8(2)6-5-7-10(11)13/h5-7H,4H2,1-3H3. The fraction of sp³-hybridized carbons (Fsp3) is 0.364. The van der Waals surface area contributed by atoms with Crippen molar-refractivity contribution in [3.8, 4) is 0 Å². The van der Waals surface area contributed by atoms with Crippen LogP contribution in [0, 0.1) is 13.8 Å². The predicted octanol–water partition coefficient (Wildman–Crippen LogP) is 2.67. The van der Waals surface area contributed by atoms with E-state index in [4.69, 9.17) is 0 Å². The van der Waals surface area contributed by atoms with E-state index in [1.807, 2.05) is 0 Å². The van der Waals surface area contributed by atoms with Crippen molar-refractivity contribution in [3.05, 3.63) is 29.6 Å². The maximum Gasteiger partial charge on any atom is 0.106 e. The second-order valence-electron chi connectivity index (χ2n) is 3.35. The van der Waals surface area contributed by atoms with Crippen molar-refractivity contribution < 1.29 is 0 Å². The van der Waals surface area contributed by atoms with E-state index in [1.54, 1.807) is 0 Å². The minimum atomic E-state index is 0.992. The SMILES string of the molecule is CCn1c(C)nc2c(C)cccc21. The number of benzene rings is 1. The van der Waals surface area contributed by atoms with Gasteiger partial charge in [0.1, 0.15) is 5.82 Å². The summed E-state index contributed by atoms with van der Waals surface area (Å²) in [7, 11) is 0. The lowest BCUT2D eigenvalue weighted by molar-refractivity contribution is 0.753. The monoisotopic (exact) mass is 174 g/mol. The molecule has 0 amide bonds. The van der Waals surface area contributed by atoms with Gasteiger partial charge in [0.2, 0.25) is 0 Å². The molecule has 2 heteroatoms. The van der Waals surface area contributed by atoms with Crippen molar-refractivity contribution in [2.45, 2.75) is 27.3 Å². The quantitative estimate of drug-likeness (QED) is 0.650. The van der Waals surface area contributed by atoms with Crippen LogP contribution in [0.1, 0.15) is 18.3 Å². The molecular weight excluding hydrogens is 160 g/mol. The number of aromatic nitrogens is 2. The van der Waals surface area contributed by atoms with Crippen molar-refractivity contribution in [3.63, 3.8) is 0 Å². The lowest BCUT2D eigenvalue weighted by Crippen LogP contribution is -1.95. The van der Waals surface area contributed by atoms with Gasteiger partial charge in [-0.05, 0) is 32.4 Å². The highest BCUT2D eigenvalue weighted by atomic mass is 15.1. The molecule has 1 aromatic carbocycles. The lowest BCUT2D eigenvalue weighted by atomic mass is 10.2. The molecule has 0 fully saturated rings. The summed E-state index contributed by atoms with van der Waals surface area (Å²) in [6.45, 7) is 7.31. The van der Waals surface area contributed by atoms with Gasteiger partial charge >= 0.3 is 0 Å². The van der Waals surface area contributed by atoms with Crippen LogP contribution in [0.4, 0.5) is 0 Å². The van der Waals surface area contributed by atoms with Gasteiger partial charge < -0.3 is 4.57 Å². The summed E-state index contributed by atoms with van der Waals surface area (Å²) in [5, 5.41) is 0. The maximum atomic E-state index is 4.55. The van der Waals surface area contributed by atoms with E-state index in [0.717, 1.165) is 17.9 Å². The molecule has 2 rings (SSSR count). The van der Waals surface area contributed by atoms with Crippen LogP contribution < -0.4 is 0 Å². The molecule has 0 aliphatic heterocycles. The van der Waals surface area contributed by atoms with Gasteiger partial charge in [0.25, 0.3) is 0 Å². The molecule has 0 N–H and O–H groups in total. The molecule has 0 aliphatic carbocycles. The highest BCUT2D eigenvalue weighted by Gasteiger charge is 2.06. The molecule has 2 nitrogen and oxygen atoms in total. The molecule has 2 aromatic rings. The number of aryl methyl sites for hydroxylation is 3. The second kappa shape index (κ2) is 2.87. The predicted molar refractivity (Wildman–Crippen MR) is 54.9 cm³/mol. The zero-order valence-electron chi connectivity index (χ0n) is 8.33. The minimum Gasteiger partial charge on any atom is -0.328 e. The van der Waals surface area contributed by atoms with Gasteiger partial charge in [0.05, 0.1) is 11.0 Å². The topological polar surface area (TPSA) is 17.8 Å². The highest BCUT2D eigenvalue weighted by Crippen LogP contribution is 2.18. The van der Waals surface area contributed by atoms with Gasteiger partial charge in [-0.1, -0.05) is 12.1 Å². The number of rotatable bonds is 1. The van der Waals surface area contributed by atoms with Crippen LogP contribution in [0.2, 0.25) is 0 Å². The van der Waals surface area contributed by atoms with Gasteiger partial charge in [-0.3, -0.25) is 0 Å². The van der Waals surface area contributed by atoms with Gasteiger partial charge in [0, 0.05) is 6.54 Å². The van der Waals surface area contributed by atoms with Crippen molar-refractivity contribution in [2.24, 2.45) is 0 Å². The molecule has 0 bridgehead atoms. The van der Waals surface area contributed by atoms with Crippen LogP contribution >= 0.6 is 0 Å². The van der Waals surface area contributed by atoms with Crippen LogP contribution in [0.15, 0.2) is 18.2 Å². The number of para-hydroxylation sites is 1. The van der Waals surface area contributed by atoms with E-state index in [0.29, 0.717) is 0 Å². The second-order valence-corrected chi connectivity index (χ2v) is 3.35. The van der Waals surface area contributed by atoms with Gasteiger partial charge in [-0.25, -0.2) is 4.98 Å². The molecule has 68 valence electrons. The third-order valence-electron chi connectivity index (χ3n) is 2.49. The highest BCUT2D eigenvalue weighted by molar-refractivity contribution is 5.79. The first-order chi connectivity index (χ1) is 6.24. The van der Waals surface area contributed by atoms with Crippen LogP contribution in [0.3, 0.4) is 0 Å². The molecule has 1 heterocycles. The number of hydrogen-bond donors (Lipinski definition) is 0. The van der Waals surface area contributed by atoms with Gasteiger partial charge in [-0.2, -0.15) is 0 Å². The zero-order chi connectivity index (χ0) is 9.42. The summed E-state index contributed by atoms with van der Waals surface area (Å²) in [5.74, 6) is 1.10. The van der Waals surface area contributed by atoms with Crippen LogP contribution in [-0.4, -0.2) is 9.55 Å². The van der Waals surface area contributed by atoms with Crippen molar-refractivity contribution in [1.82, 2.24) is 9.55 Å². The van der Waals surface area contributed by atoms with E-state index in [-0.39, 0.29) is 0 Å². The van der Waals surface area contributed by atoms with E-state index >= 15 is 0 Å². The Hall–Kier alpha value is -1.31. The van der Waals surface area contributed by atoms with E-state index in [1.165, 1.54) is 11.1 Å². The van der Waals surface area contributed by atoms with Crippen molar-refractivity contribution in [1.29, 1.82) is 0 Å². The fourth-order valence-electron chi connectivity index (χ4n) is 1.80. The largest absolute Gasteiger partial charge is 0.328 e. The first-order valence-corrected chi connectivity index (χ1v) is 4.66. The Balaban J connectivity index is 2.86. The Morgan fingerprint density at radius 3 is 2.77 bits per heavy atom. The van der Waals surface area contributed by atoms with Crippen LogP contribution in [-0.2, 0) is 6.54 Å². The third kappa shape index (κ3) is 1.13. The third-order valence-corrected chi connectivity index (χ3v) is 2.49. The summed E-state index contributed by atoms with van der Waals surface area (Å²) >= 11 is 0. The van der Waals surface area contributed by atoms with Crippen LogP contribution in [0.25, 0.3) is 11.0 Å². The van der Waals surface area contributed by atoms with Gasteiger partial charge in [-0.15, -0.1) is 0 Å². The molecule has 0 saturated carbocycles. The molecule has 0 aliphatic rings. The number of nitrogens with zero attached hydrogens (tertiary/aromatic N) is 2. The minimum absolute atomic E-state index is 0.992. The number of hydrogen-bond acceptors (Lipinski definition) is 1. The molecule has 1 aromatic heterocycles. The Morgan fingerprint density at radius 1 is 1.31 bits per heavy atom. The molecule has 0 spiro atoms. The molecule has 0 unspecified atom stereocenters. The molecular formula is C11H14N2. The first kappa shape index (κ1) is 8.30. The summed E-state index contributed by atoms with van der Waals surface area (Å²) < 4.78 is 2.24. The van der Waals surface area contributed by atoms with Gasteiger partial charge in [0.15, 0.2) is 0 Å². The van der Waals surface area contributed by atoms with Crippen LogP contribution in [0.5, 0.6) is 0 Å².